The molecule has 0 aliphatic carbocycles. The van der Waals surface area contributed by atoms with E-state index < -0.39 is 0 Å². The van der Waals surface area contributed by atoms with Crippen LogP contribution in [0.4, 0.5) is 0 Å². The Morgan fingerprint density at radius 1 is 1.47 bits per heavy atom. The fourth-order valence-electron chi connectivity index (χ4n) is 3.02. The molecular formula is C14H27BO2. The van der Waals surface area contributed by atoms with Gasteiger partial charge < -0.3 is 9.84 Å². The molecule has 2 nitrogen and oxygen atoms in total. The predicted octanol–water partition coefficient (Wildman–Crippen LogP) is 2.26. The first-order chi connectivity index (χ1) is 7.98. The van der Waals surface area contributed by atoms with Gasteiger partial charge in [0.25, 0.3) is 0 Å². The molecule has 0 spiro atoms. The smallest absolute Gasteiger partial charge is 0.139 e. The molecule has 0 aromatic carbocycles. The zero-order valence-corrected chi connectivity index (χ0v) is 12.0. The van der Waals surface area contributed by atoms with Gasteiger partial charge >= 0.3 is 0 Å². The van der Waals surface area contributed by atoms with Gasteiger partial charge in [-0.1, -0.05) is 32.8 Å². The van der Waals surface area contributed by atoms with E-state index in [1.807, 2.05) is 0 Å². The molecule has 0 aromatic heterocycles. The number of rotatable bonds is 5. The molecule has 98 valence electrons. The Morgan fingerprint density at radius 2 is 2.12 bits per heavy atom. The van der Waals surface area contributed by atoms with E-state index in [0.29, 0.717) is 0 Å². The summed E-state index contributed by atoms with van der Waals surface area (Å²) in [6.45, 7) is 9.02. The van der Waals surface area contributed by atoms with Crippen molar-refractivity contribution >= 4 is 7.85 Å². The molecule has 0 saturated carbocycles. The summed E-state index contributed by atoms with van der Waals surface area (Å²) in [5.41, 5.74) is 2.61. The molecule has 1 N–H and O–H groups in total. The molecule has 1 aliphatic rings. The maximum absolute atomic E-state index is 9.61. The van der Waals surface area contributed by atoms with Crippen LogP contribution in [-0.4, -0.2) is 31.7 Å². The average molecular weight is 238 g/mol. The fraction of sp³-hybridized carbons (Fsp3) is 0.857. The Kier molecular flexibility index (Phi) is 5.27. The summed E-state index contributed by atoms with van der Waals surface area (Å²) >= 11 is 0. The number of hydrogen-bond donors (Lipinski definition) is 1. The van der Waals surface area contributed by atoms with Gasteiger partial charge in [-0.25, -0.2) is 0 Å². The topological polar surface area (TPSA) is 29.5 Å². The molecule has 0 fully saturated rings. The molecule has 0 unspecified atom stereocenters. The fourth-order valence-corrected chi connectivity index (χ4v) is 3.02. The van der Waals surface area contributed by atoms with Crippen LogP contribution in [0.15, 0.2) is 11.1 Å². The number of hydrogen-bond acceptors (Lipinski definition) is 2. The standard InChI is InChI=1S/C14H27BO2/c1-5-7-14(4,6-2)13-11(9-16)10(3)8-12(15)17-13/h12-13,16H,5-9,15H2,1-4H3/t12-,13+,14-/m1/s1. The lowest BCUT2D eigenvalue weighted by atomic mass is 9.71. The Labute approximate surface area is 107 Å². The van der Waals surface area contributed by atoms with E-state index >= 15 is 0 Å². The monoisotopic (exact) mass is 238 g/mol. The van der Waals surface area contributed by atoms with Crippen molar-refractivity contribution < 1.29 is 9.84 Å². The maximum Gasteiger partial charge on any atom is 0.139 e. The second-order valence-corrected chi connectivity index (χ2v) is 5.75. The third-order valence-corrected chi connectivity index (χ3v) is 4.26. The van der Waals surface area contributed by atoms with E-state index in [-0.39, 0.29) is 24.1 Å². The normalized spacial score (nSPS) is 29.2. The molecule has 3 atom stereocenters. The van der Waals surface area contributed by atoms with E-state index in [1.165, 1.54) is 5.57 Å². The van der Waals surface area contributed by atoms with Gasteiger partial charge in [0.15, 0.2) is 0 Å². The number of aliphatic hydroxyl groups is 1. The van der Waals surface area contributed by atoms with Gasteiger partial charge in [-0.2, -0.15) is 0 Å². The highest BCUT2D eigenvalue weighted by Crippen LogP contribution is 2.41. The summed E-state index contributed by atoms with van der Waals surface area (Å²) in [4.78, 5) is 0. The van der Waals surface area contributed by atoms with E-state index in [2.05, 4.69) is 35.5 Å². The van der Waals surface area contributed by atoms with Crippen LogP contribution in [-0.2, 0) is 4.74 Å². The van der Waals surface area contributed by atoms with E-state index in [1.54, 1.807) is 0 Å². The van der Waals surface area contributed by atoms with Gasteiger partial charge in [0.2, 0.25) is 0 Å². The van der Waals surface area contributed by atoms with Crippen LogP contribution in [0.3, 0.4) is 0 Å². The molecule has 1 aliphatic heterocycles. The van der Waals surface area contributed by atoms with Gasteiger partial charge in [-0.3, -0.25) is 0 Å². The van der Waals surface area contributed by atoms with Crippen molar-refractivity contribution in [2.24, 2.45) is 5.41 Å². The van der Waals surface area contributed by atoms with Crippen molar-refractivity contribution in [2.45, 2.75) is 65.5 Å². The van der Waals surface area contributed by atoms with Gasteiger partial charge in [0.05, 0.1) is 12.7 Å². The number of aliphatic hydroxyl groups excluding tert-OH is 1. The van der Waals surface area contributed by atoms with Crippen molar-refractivity contribution in [1.29, 1.82) is 0 Å². The molecule has 0 radical (unpaired) electrons. The Balaban J connectivity index is 3.03. The summed E-state index contributed by atoms with van der Waals surface area (Å²) in [5, 5.41) is 9.61. The van der Waals surface area contributed by atoms with Gasteiger partial charge in [0.1, 0.15) is 7.85 Å². The Morgan fingerprint density at radius 3 is 2.59 bits per heavy atom. The SMILES string of the molecule is B[C@H]1CC(C)=C(CO)[C@@H]([C@](C)(CC)CCC)O1. The van der Waals surface area contributed by atoms with Crippen molar-refractivity contribution in [3.8, 4) is 0 Å². The van der Waals surface area contributed by atoms with Crippen LogP contribution in [0.25, 0.3) is 0 Å². The summed E-state index contributed by atoms with van der Waals surface area (Å²) in [6.07, 6.45) is 4.46. The molecule has 0 bridgehead atoms. The minimum atomic E-state index is 0.0983. The second-order valence-electron chi connectivity index (χ2n) is 5.75. The molecular weight excluding hydrogens is 211 g/mol. The lowest BCUT2D eigenvalue weighted by molar-refractivity contribution is -0.0466. The minimum absolute atomic E-state index is 0.0983. The first-order valence-corrected chi connectivity index (χ1v) is 6.93. The second kappa shape index (κ2) is 6.06. The summed E-state index contributed by atoms with van der Waals surface area (Å²) in [7, 11) is 2.13. The minimum Gasteiger partial charge on any atom is -0.392 e. The van der Waals surface area contributed by atoms with Gasteiger partial charge in [0, 0.05) is 6.00 Å². The molecule has 0 aromatic rings. The first-order valence-electron chi connectivity index (χ1n) is 6.93. The third-order valence-electron chi connectivity index (χ3n) is 4.26. The third kappa shape index (κ3) is 3.14. The Bertz CT molecular complexity index is 288. The van der Waals surface area contributed by atoms with Crippen LogP contribution in [0.5, 0.6) is 0 Å². The van der Waals surface area contributed by atoms with Crippen molar-refractivity contribution in [1.82, 2.24) is 0 Å². The van der Waals surface area contributed by atoms with Crippen molar-refractivity contribution in [2.75, 3.05) is 6.61 Å². The van der Waals surface area contributed by atoms with E-state index in [9.17, 15) is 5.11 Å². The van der Waals surface area contributed by atoms with Crippen LogP contribution in [0.1, 0.15) is 53.4 Å². The molecule has 17 heavy (non-hydrogen) atoms. The summed E-state index contributed by atoms with van der Waals surface area (Å²) in [6, 6.07) is 0.276. The average Bonchev–Trinajstić information content (AvgIpc) is 2.28. The predicted molar refractivity (Wildman–Crippen MR) is 74.9 cm³/mol. The highest BCUT2D eigenvalue weighted by atomic mass is 16.5. The molecule has 0 saturated heterocycles. The highest BCUT2D eigenvalue weighted by molar-refractivity contribution is 6.11. The lowest BCUT2D eigenvalue weighted by Crippen LogP contribution is -2.43. The quantitative estimate of drug-likeness (QED) is 0.588. The summed E-state index contributed by atoms with van der Waals surface area (Å²) < 4.78 is 6.15. The van der Waals surface area contributed by atoms with E-state index in [4.69, 9.17) is 4.74 Å². The van der Waals surface area contributed by atoms with Crippen LogP contribution < -0.4 is 0 Å². The molecule has 3 heteroatoms. The lowest BCUT2D eigenvalue weighted by Gasteiger charge is -2.43. The van der Waals surface area contributed by atoms with Crippen LogP contribution in [0.2, 0.25) is 0 Å². The molecule has 0 amide bonds. The number of ether oxygens (including phenoxy) is 1. The maximum atomic E-state index is 9.61. The van der Waals surface area contributed by atoms with E-state index in [0.717, 1.165) is 31.3 Å². The first kappa shape index (κ1) is 14.8. The Hall–Kier alpha value is -0.275. The summed E-state index contributed by atoms with van der Waals surface area (Å²) in [5.74, 6) is 0. The highest BCUT2D eigenvalue weighted by Gasteiger charge is 2.38. The van der Waals surface area contributed by atoms with Crippen LogP contribution in [0, 0.1) is 5.41 Å². The van der Waals surface area contributed by atoms with Crippen LogP contribution >= 0.6 is 0 Å². The van der Waals surface area contributed by atoms with Gasteiger partial charge in [-0.15, -0.1) is 0 Å². The largest absolute Gasteiger partial charge is 0.392 e. The zero-order valence-electron chi connectivity index (χ0n) is 12.0. The van der Waals surface area contributed by atoms with Crippen molar-refractivity contribution in [3.63, 3.8) is 0 Å². The van der Waals surface area contributed by atoms with Crippen molar-refractivity contribution in [3.05, 3.63) is 11.1 Å². The van der Waals surface area contributed by atoms with Gasteiger partial charge in [-0.05, 0) is 37.2 Å². The molecule has 1 heterocycles. The zero-order chi connectivity index (χ0) is 13.1. The molecule has 1 rings (SSSR count).